The van der Waals surface area contributed by atoms with E-state index >= 15 is 0 Å². The Hall–Kier alpha value is -4.02. The van der Waals surface area contributed by atoms with Crippen LogP contribution in [0.2, 0.25) is 0 Å². The Morgan fingerprint density at radius 1 is 1.15 bits per heavy atom. The van der Waals surface area contributed by atoms with E-state index in [4.69, 9.17) is 14.7 Å². The molecular weight excluding hydrogens is 496 g/mol. The van der Waals surface area contributed by atoms with Crippen molar-refractivity contribution >= 4 is 23.6 Å². The van der Waals surface area contributed by atoms with Gasteiger partial charge in [0.25, 0.3) is 5.91 Å². The average Bonchev–Trinajstić information content (AvgIpc) is 3.50. The van der Waals surface area contributed by atoms with E-state index in [1.165, 1.54) is 4.90 Å². The minimum atomic E-state index is -0.618. The molecule has 4 rings (SSSR count). The number of carbonyl (C=O) groups excluding carboxylic acids is 2. The summed E-state index contributed by atoms with van der Waals surface area (Å²) >= 11 is 0. The molecule has 4 heterocycles. The van der Waals surface area contributed by atoms with Gasteiger partial charge in [0.2, 0.25) is 0 Å². The number of carbonyl (C=O) groups is 2. The van der Waals surface area contributed by atoms with Crippen molar-refractivity contribution in [1.29, 1.82) is 0 Å². The molecule has 0 N–H and O–H groups in total. The molecule has 208 valence electrons. The molecule has 1 aliphatic heterocycles. The first-order chi connectivity index (χ1) is 18.4. The summed E-state index contributed by atoms with van der Waals surface area (Å²) in [6.45, 7) is 15.7. The second-order valence-corrected chi connectivity index (χ2v) is 10.9. The maximum Gasteiger partial charge on any atom is 0.410 e. The van der Waals surface area contributed by atoms with Crippen molar-refractivity contribution in [3.05, 3.63) is 47.4 Å². The van der Waals surface area contributed by atoms with Crippen molar-refractivity contribution in [3.63, 3.8) is 0 Å². The van der Waals surface area contributed by atoms with E-state index in [2.05, 4.69) is 15.1 Å². The molecule has 39 heavy (non-hydrogen) atoms. The number of amides is 2. The molecule has 0 fully saturated rings. The van der Waals surface area contributed by atoms with Crippen molar-refractivity contribution in [3.8, 4) is 11.5 Å². The first-order valence-corrected chi connectivity index (χ1v) is 13.3. The third-order valence-electron chi connectivity index (χ3n) is 6.54. The molecule has 2 amide bonds. The van der Waals surface area contributed by atoms with Gasteiger partial charge >= 0.3 is 6.09 Å². The molecular formula is C28H38N8O3. The summed E-state index contributed by atoms with van der Waals surface area (Å²) in [5, 5.41) is 8.30. The molecule has 11 heteroatoms. The lowest BCUT2D eigenvalue weighted by Crippen LogP contribution is -2.34. The van der Waals surface area contributed by atoms with E-state index < -0.39 is 11.7 Å². The monoisotopic (exact) mass is 534 g/mol. The maximum atomic E-state index is 13.8. The lowest BCUT2D eigenvalue weighted by Gasteiger charge is -2.26. The number of pyridine rings is 2. The Bertz CT molecular complexity index is 1360. The highest BCUT2D eigenvalue weighted by Crippen LogP contribution is 2.33. The summed E-state index contributed by atoms with van der Waals surface area (Å²) in [4.78, 5) is 41.4. The summed E-state index contributed by atoms with van der Waals surface area (Å²) in [5.41, 5.74) is 2.03. The van der Waals surface area contributed by atoms with Crippen LogP contribution < -0.4 is 9.80 Å². The minimum Gasteiger partial charge on any atom is -0.444 e. The van der Waals surface area contributed by atoms with Crippen LogP contribution in [-0.2, 0) is 17.8 Å². The van der Waals surface area contributed by atoms with Gasteiger partial charge in [-0.25, -0.2) is 14.8 Å². The average molecular weight is 535 g/mol. The van der Waals surface area contributed by atoms with Gasteiger partial charge in [-0.3, -0.25) is 9.69 Å². The standard InChI is InChI=1S/C28H38N8O3/c1-9-34(10-2)24-14-19-20(22(31-24)16-33(8)27(38)39-28(5,6)7)15-35(26(19)37)23-13-11-12-21(30-23)25-32-29-17-36(25)18(3)4/h11-14,17-18H,9-10,15-16H2,1-8H3. The molecule has 0 atom stereocenters. The number of rotatable bonds is 8. The smallest absolute Gasteiger partial charge is 0.410 e. The minimum absolute atomic E-state index is 0.156. The number of fused-ring (bicyclic) bond motifs is 1. The first kappa shape index (κ1) is 28.0. The molecule has 0 saturated heterocycles. The van der Waals surface area contributed by atoms with Crippen LogP contribution in [0.5, 0.6) is 0 Å². The van der Waals surface area contributed by atoms with Crippen LogP contribution in [-0.4, -0.2) is 67.4 Å². The topological polar surface area (TPSA) is 110 Å². The molecule has 0 bridgehead atoms. The molecule has 0 aromatic carbocycles. The lowest BCUT2D eigenvalue weighted by atomic mass is 10.1. The van der Waals surface area contributed by atoms with Crippen LogP contribution in [0.4, 0.5) is 16.4 Å². The number of hydrogen-bond donors (Lipinski definition) is 0. The van der Waals surface area contributed by atoms with Gasteiger partial charge in [0.1, 0.15) is 29.3 Å². The zero-order valence-electron chi connectivity index (χ0n) is 24.1. The highest BCUT2D eigenvalue weighted by Gasteiger charge is 2.34. The molecule has 0 saturated carbocycles. The van der Waals surface area contributed by atoms with Crippen LogP contribution in [0.25, 0.3) is 11.5 Å². The molecule has 3 aromatic heterocycles. The fourth-order valence-corrected chi connectivity index (χ4v) is 4.51. The summed E-state index contributed by atoms with van der Waals surface area (Å²) in [6, 6.07) is 7.55. The second-order valence-electron chi connectivity index (χ2n) is 10.9. The zero-order valence-corrected chi connectivity index (χ0v) is 24.1. The summed E-state index contributed by atoms with van der Waals surface area (Å²) in [6.07, 6.45) is 1.23. The van der Waals surface area contributed by atoms with E-state index in [-0.39, 0.29) is 18.5 Å². The first-order valence-electron chi connectivity index (χ1n) is 13.3. The summed E-state index contributed by atoms with van der Waals surface area (Å²) < 4.78 is 7.49. The summed E-state index contributed by atoms with van der Waals surface area (Å²) in [5.74, 6) is 1.70. The SMILES string of the molecule is CCN(CC)c1cc2c(c(CN(C)C(=O)OC(C)(C)C)n1)CN(c1cccc(-c3nncn3C(C)C)n1)C2=O. The van der Waals surface area contributed by atoms with Gasteiger partial charge in [-0.2, -0.15) is 0 Å². The second kappa shape index (κ2) is 11.0. The molecule has 0 spiro atoms. The van der Waals surface area contributed by atoms with E-state index in [1.807, 2.05) is 77.3 Å². The van der Waals surface area contributed by atoms with Gasteiger partial charge in [0.15, 0.2) is 5.82 Å². The molecule has 11 nitrogen and oxygen atoms in total. The van der Waals surface area contributed by atoms with Gasteiger partial charge in [-0.05, 0) is 66.7 Å². The maximum absolute atomic E-state index is 13.8. The molecule has 1 aliphatic rings. The van der Waals surface area contributed by atoms with Crippen molar-refractivity contribution in [1.82, 2.24) is 29.6 Å². The fourth-order valence-electron chi connectivity index (χ4n) is 4.51. The lowest BCUT2D eigenvalue weighted by molar-refractivity contribution is 0.0282. The fraction of sp³-hybridized carbons (Fsp3) is 0.500. The van der Waals surface area contributed by atoms with Crippen LogP contribution in [0.3, 0.4) is 0 Å². The van der Waals surface area contributed by atoms with E-state index in [1.54, 1.807) is 18.3 Å². The number of anilines is 2. The van der Waals surface area contributed by atoms with Crippen molar-refractivity contribution in [2.24, 2.45) is 0 Å². The normalized spacial score (nSPS) is 13.2. The van der Waals surface area contributed by atoms with Crippen molar-refractivity contribution in [2.45, 2.75) is 73.2 Å². The number of ether oxygens (including phenoxy) is 1. The van der Waals surface area contributed by atoms with E-state index in [0.29, 0.717) is 41.0 Å². The molecule has 0 unspecified atom stereocenters. The summed E-state index contributed by atoms with van der Waals surface area (Å²) in [7, 11) is 1.68. The van der Waals surface area contributed by atoms with Gasteiger partial charge in [0.05, 0.1) is 24.3 Å². The van der Waals surface area contributed by atoms with Crippen LogP contribution in [0.15, 0.2) is 30.6 Å². The Labute approximate surface area is 229 Å². The van der Waals surface area contributed by atoms with Crippen LogP contribution >= 0.6 is 0 Å². The van der Waals surface area contributed by atoms with Gasteiger partial charge < -0.3 is 19.1 Å². The van der Waals surface area contributed by atoms with E-state index in [0.717, 1.165) is 18.7 Å². The van der Waals surface area contributed by atoms with Gasteiger partial charge in [-0.15, -0.1) is 10.2 Å². The largest absolute Gasteiger partial charge is 0.444 e. The van der Waals surface area contributed by atoms with Crippen LogP contribution in [0, 0.1) is 0 Å². The number of hydrogen-bond acceptors (Lipinski definition) is 8. The van der Waals surface area contributed by atoms with Gasteiger partial charge in [-0.1, -0.05) is 6.07 Å². The highest BCUT2D eigenvalue weighted by atomic mass is 16.6. The predicted molar refractivity (Wildman–Crippen MR) is 150 cm³/mol. The van der Waals surface area contributed by atoms with E-state index in [9.17, 15) is 9.59 Å². The van der Waals surface area contributed by atoms with Crippen molar-refractivity contribution in [2.75, 3.05) is 29.9 Å². The molecule has 3 aromatic rings. The Balaban J connectivity index is 1.71. The quantitative estimate of drug-likeness (QED) is 0.409. The van der Waals surface area contributed by atoms with Crippen molar-refractivity contribution < 1.29 is 14.3 Å². The Morgan fingerprint density at radius 3 is 2.51 bits per heavy atom. The molecule has 0 aliphatic carbocycles. The molecule has 0 radical (unpaired) electrons. The van der Waals surface area contributed by atoms with Gasteiger partial charge in [0, 0.05) is 31.7 Å². The third kappa shape index (κ3) is 5.86. The number of nitrogens with zero attached hydrogens (tertiary/aromatic N) is 8. The highest BCUT2D eigenvalue weighted by molar-refractivity contribution is 6.10. The Kier molecular flexibility index (Phi) is 7.89. The zero-order chi connectivity index (χ0) is 28.5. The third-order valence-corrected chi connectivity index (χ3v) is 6.54. The predicted octanol–water partition coefficient (Wildman–Crippen LogP) is 4.69. The number of aromatic nitrogens is 5. The Morgan fingerprint density at radius 2 is 1.87 bits per heavy atom. The van der Waals surface area contributed by atoms with Crippen LogP contribution in [0.1, 0.15) is 76.1 Å².